The van der Waals surface area contributed by atoms with E-state index in [-0.39, 0.29) is 11.8 Å². The van der Waals surface area contributed by atoms with Gasteiger partial charge < -0.3 is 14.5 Å². The molecule has 1 aliphatic heterocycles. The van der Waals surface area contributed by atoms with Crippen molar-refractivity contribution in [2.24, 2.45) is 0 Å². The first-order valence-corrected chi connectivity index (χ1v) is 10.3. The Kier molecular flexibility index (Phi) is 4.94. The summed E-state index contributed by atoms with van der Waals surface area (Å²) in [4.78, 5) is -0.765. The maximum absolute atomic E-state index is 13.9. The van der Waals surface area contributed by atoms with Gasteiger partial charge in [-0.05, 0) is 49.7 Å². The van der Waals surface area contributed by atoms with Gasteiger partial charge in [-0.15, -0.1) is 0 Å². The first-order valence-electron chi connectivity index (χ1n) is 8.79. The Morgan fingerprint density at radius 3 is 2.82 bits per heavy atom. The quantitative estimate of drug-likeness (QED) is 0.674. The molecule has 1 saturated heterocycles. The third-order valence-electron chi connectivity index (χ3n) is 4.50. The molecule has 0 saturated carbocycles. The highest BCUT2D eigenvalue weighted by Crippen LogP contribution is 2.33. The summed E-state index contributed by atoms with van der Waals surface area (Å²) in [6.45, 7) is 1.60. The number of hydrogen-bond acceptors (Lipinski definition) is 5. The number of furan rings is 1. The third kappa shape index (κ3) is 3.81. The molecule has 9 heteroatoms. The highest BCUT2D eigenvalue weighted by atomic mass is 32.2. The van der Waals surface area contributed by atoms with Crippen molar-refractivity contribution >= 4 is 26.7 Å². The third-order valence-corrected chi connectivity index (χ3v) is 5.89. The van der Waals surface area contributed by atoms with Crippen LogP contribution in [-0.4, -0.2) is 27.6 Å². The molecular formula is C19H18F2N2O4S. The van der Waals surface area contributed by atoms with Gasteiger partial charge in [0.1, 0.15) is 22.6 Å². The average molecular weight is 408 g/mol. The second-order valence-corrected chi connectivity index (χ2v) is 8.23. The Morgan fingerprint density at radius 1 is 1.18 bits per heavy atom. The van der Waals surface area contributed by atoms with Crippen molar-refractivity contribution in [3.05, 3.63) is 54.3 Å². The molecular weight excluding hydrogens is 390 g/mol. The van der Waals surface area contributed by atoms with Crippen LogP contribution >= 0.6 is 0 Å². The zero-order chi connectivity index (χ0) is 19.7. The van der Waals surface area contributed by atoms with Crippen LogP contribution in [0.5, 0.6) is 5.75 Å². The molecule has 6 nitrogen and oxygen atoms in total. The molecule has 2 aromatic carbocycles. The second-order valence-electron chi connectivity index (χ2n) is 6.58. The van der Waals surface area contributed by atoms with Crippen molar-refractivity contribution in [3.63, 3.8) is 0 Å². The Balaban J connectivity index is 1.67. The number of hydrogen-bond donors (Lipinski definition) is 2. The van der Waals surface area contributed by atoms with Crippen LogP contribution in [-0.2, 0) is 10.0 Å². The lowest BCUT2D eigenvalue weighted by atomic mass is 10.1. The smallest absolute Gasteiger partial charge is 0.264 e. The molecule has 0 spiro atoms. The first-order chi connectivity index (χ1) is 13.4. The van der Waals surface area contributed by atoms with E-state index in [0.717, 1.165) is 31.5 Å². The largest absolute Gasteiger partial charge is 0.485 e. The summed E-state index contributed by atoms with van der Waals surface area (Å²) in [5.74, 6) is -1.50. The molecule has 0 radical (unpaired) electrons. The summed E-state index contributed by atoms with van der Waals surface area (Å²) >= 11 is 0. The van der Waals surface area contributed by atoms with Gasteiger partial charge in [-0.25, -0.2) is 17.2 Å². The lowest BCUT2D eigenvalue weighted by Crippen LogP contribution is -2.37. The molecule has 2 N–H and O–H groups in total. The predicted octanol–water partition coefficient (Wildman–Crippen LogP) is 3.64. The lowest BCUT2D eigenvalue weighted by molar-refractivity contribution is 0.167. The summed E-state index contributed by atoms with van der Waals surface area (Å²) < 4.78 is 66.2. The monoisotopic (exact) mass is 408 g/mol. The molecule has 1 aliphatic rings. The van der Waals surface area contributed by atoms with E-state index in [1.807, 2.05) is 0 Å². The van der Waals surface area contributed by atoms with Crippen LogP contribution in [0, 0.1) is 11.6 Å². The van der Waals surface area contributed by atoms with E-state index >= 15 is 0 Å². The zero-order valence-corrected chi connectivity index (χ0v) is 15.6. The summed E-state index contributed by atoms with van der Waals surface area (Å²) in [7, 11) is -4.33. The Hall–Kier alpha value is -2.65. The maximum atomic E-state index is 13.9. The number of piperidine rings is 1. The van der Waals surface area contributed by atoms with Crippen molar-refractivity contribution in [2.75, 3.05) is 17.8 Å². The van der Waals surface area contributed by atoms with Crippen LogP contribution in [0.3, 0.4) is 0 Å². The molecule has 148 valence electrons. The fraction of sp³-hybridized carbons (Fsp3) is 0.263. The fourth-order valence-corrected chi connectivity index (χ4v) is 4.32. The topological polar surface area (TPSA) is 80.6 Å². The van der Waals surface area contributed by atoms with E-state index in [9.17, 15) is 17.2 Å². The van der Waals surface area contributed by atoms with Crippen molar-refractivity contribution < 1.29 is 26.4 Å². The van der Waals surface area contributed by atoms with Crippen molar-refractivity contribution in [1.82, 2.24) is 5.32 Å². The number of ether oxygens (including phenoxy) is 1. The minimum atomic E-state index is -4.33. The molecule has 28 heavy (non-hydrogen) atoms. The van der Waals surface area contributed by atoms with Crippen LogP contribution in [0.25, 0.3) is 11.0 Å². The lowest BCUT2D eigenvalue weighted by Gasteiger charge is -2.24. The van der Waals surface area contributed by atoms with E-state index in [0.29, 0.717) is 29.3 Å². The highest BCUT2D eigenvalue weighted by Gasteiger charge is 2.22. The van der Waals surface area contributed by atoms with Gasteiger partial charge in [0.2, 0.25) is 0 Å². The SMILES string of the molecule is O=S(=O)(Nc1cc(OC2CCCNC2)c2occc2c1)c1cc(F)ccc1F. The standard InChI is InChI=1S/C19H18F2N2O4S/c20-13-3-4-16(21)18(9-13)28(24,25)23-14-8-12-5-7-26-19(12)17(10-14)27-15-2-1-6-22-11-15/h3-5,7-10,15,22-23H,1-2,6,11H2. The molecule has 4 rings (SSSR count). The number of nitrogens with one attached hydrogen (secondary N) is 2. The molecule has 1 aromatic heterocycles. The average Bonchev–Trinajstić information content (AvgIpc) is 3.13. The molecule has 1 fully saturated rings. The number of halogens is 2. The summed E-state index contributed by atoms with van der Waals surface area (Å²) in [6.07, 6.45) is 3.23. The van der Waals surface area contributed by atoms with Gasteiger partial charge in [0.25, 0.3) is 10.0 Å². The fourth-order valence-electron chi connectivity index (χ4n) is 3.19. The predicted molar refractivity (Wildman–Crippen MR) is 99.9 cm³/mol. The Morgan fingerprint density at radius 2 is 2.04 bits per heavy atom. The minimum Gasteiger partial charge on any atom is -0.485 e. The van der Waals surface area contributed by atoms with Gasteiger partial charge >= 0.3 is 0 Å². The highest BCUT2D eigenvalue weighted by molar-refractivity contribution is 7.92. The van der Waals surface area contributed by atoms with Crippen molar-refractivity contribution in [1.29, 1.82) is 0 Å². The molecule has 1 atom stereocenters. The Labute approximate surface area is 160 Å². The van der Waals surface area contributed by atoms with E-state index < -0.39 is 26.6 Å². The van der Waals surface area contributed by atoms with Gasteiger partial charge in [-0.3, -0.25) is 4.72 Å². The minimum absolute atomic E-state index is 0.0745. The van der Waals surface area contributed by atoms with Gasteiger partial charge in [-0.1, -0.05) is 0 Å². The summed E-state index contributed by atoms with van der Waals surface area (Å²) in [5, 5.41) is 3.86. The normalized spacial score (nSPS) is 17.6. The first kappa shape index (κ1) is 18.7. The molecule has 1 unspecified atom stereocenters. The zero-order valence-electron chi connectivity index (χ0n) is 14.7. The number of fused-ring (bicyclic) bond motifs is 1. The number of benzene rings is 2. The molecule has 0 amide bonds. The van der Waals surface area contributed by atoms with E-state index in [1.165, 1.54) is 12.3 Å². The number of rotatable bonds is 5. The maximum Gasteiger partial charge on any atom is 0.264 e. The summed E-state index contributed by atoms with van der Waals surface area (Å²) in [6, 6.07) is 6.96. The van der Waals surface area contributed by atoms with Gasteiger partial charge in [0.05, 0.1) is 12.0 Å². The van der Waals surface area contributed by atoms with E-state index in [4.69, 9.17) is 9.15 Å². The number of anilines is 1. The van der Waals surface area contributed by atoms with E-state index in [1.54, 1.807) is 12.1 Å². The molecule has 3 aromatic rings. The van der Waals surface area contributed by atoms with Crippen LogP contribution < -0.4 is 14.8 Å². The van der Waals surface area contributed by atoms with Crippen molar-refractivity contribution in [3.8, 4) is 5.75 Å². The van der Waals surface area contributed by atoms with Crippen LogP contribution in [0.2, 0.25) is 0 Å². The van der Waals surface area contributed by atoms with Gasteiger partial charge in [-0.2, -0.15) is 0 Å². The molecule has 2 heterocycles. The van der Waals surface area contributed by atoms with Gasteiger partial charge in [0, 0.05) is 18.0 Å². The van der Waals surface area contributed by atoms with E-state index in [2.05, 4.69) is 10.0 Å². The van der Waals surface area contributed by atoms with Gasteiger partial charge in [0.15, 0.2) is 11.3 Å². The molecule has 0 aliphatic carbocycles. The second kappa shape index (κ2) is 7.40. The molecule has 0 bridgehead atoms. The van der Waals surface area contributed by atoms with Crippen molar-refractivity contribution in [2.45, 2.75) is 23.8 Å². The van der Waals surface area contributed by atoms with Crippen LogP contribution in [0.15, 0.2) is 52.0 Å². The van der Waals surface area contributed by atoms with Crippen LogP contribution in [0.1, 0.15) is 12.8 Å². The number of sulfonamides is 1. The Bertz CT molecular complexity index is 1110. The van der Waals surface area contributed by atoms with Crippen LogP contribution in [0.4, 0.5) is 14.5 Å². The summed E-state index contributed by atoms with van der Waals surface area (Å²) in [5.41, 5.74) is 0.654.